The van der Waals surface area contributed by atoms with E-state index in [1.807, 2.05) is 20.8 Å². The number of nitrogens with zero attached hydrogens (tertiary/aromatic N) is 1. The molecule has 1 aliphatic rings. The third kappa shape index (κ3) is 4.54. The number of β-amino-alcohol motifs (C(OH)–C–C–N with tert-alkyl or cyclic N) is 1. The lowest BCUT2D eigenvalue weighted by Gasteiger charge is -2.27. The van der Waals surface area contributed by atoms with Crippen LogP contribution in [-0.4, -0.2) is 40.4 Å². The number of ether oxygens (including phenoxy) is 1. The fraction of sp³-hybridized carbons (Fsp3) is 0.923. The number of hydrogen-bond acceptors (Lipinski definition) is 3. The third-order valence-electron chi connectivity index (χ3n) is 2.77. The Balaban J connectivity index is 2.52. The average molecular weight is 243 g/mol. The molecule has 1 N–H and O–H groups in total. The van der Waals surface area contributed by atoms with Crippen molar-refractivity contribution in [3.63, 3.8) is 0 Å². The quantitative estimate of drug-likeness (QED) is 0.810. The smallest absolute Gasteiger partial charge is 0.410 e. The van der Waals surface area contributed by atoms with Crippen LogP contribution in [0.25, 0.3) is 0 Å². The van der Waals surface area contributed by atoms with E-state index in [-0.39, 0.29) is 6.09 Å². The molecule has 100 valence electrons. The normalized spacial score (nSPS) is 25.5. The molecule has 0 spiro atoms. The molecule has 0 radical (unpaired) electrons. The largest absolute Gasteiger partial charge is 0.444 e. The molecule has 0 aromatic carbocycles. The Labute approximate surface area is 104 Å². The number of carbonyl (C=O) groups is 1. The van der Waals surface area contributed by atoms with Gasteiger partial charge in [-0.15, -0.1) is 0 Å². The summed E-state index contributed by atoms with van der Waals surface area (Å²) in [6, 6.07) is 0. The van der Waals surface area contributed by atoms with Crippen molar-refractivity contribution in [2.75, 3.05) is 13.1 Å². The Morgan fingerprint density at radius 3 is 2.53 bits per heavy atom. The molecular formula is C13H25NO3. The maximum absolute atomic E-state index is 11.8. The molecule has 0 aromatic heterocycles. The molecule has 1 rings (SSSR count). The van der Waals surface area contributed by atoms with Crippen LogP contribution in [0.15, 0.2) is 0 Å². The van der Waals surface area contributed by atoms with Gasteiger partial charge in [-0.3, -0.25) is 0 Å². The number of hydrogen-bond donors (Lipinski definition) is 1. The summed E-state index contributed by atoms with van der Waals surface area (Å²) in [5.74, 6) is 0.429. The van der Waals surface area contributed by atoms with Gasteiger partial charge in [-0.05, 0) is 39.5 Å². The Hall–Kier alpha value is -0.770. The number of aliphatic hydroxyl groups is 1. The van der Waals surface area contributed by atoms with Gasteiger partial charge in [-0.2, -0.15) is 0 Å². The summed E-state index contributed by atoms with van der Waals surface area (Å²) in [7, 11) is 0. The van der Waals surface area contributed by atoms with Gasteiger partial charge in [0, 0.05) is 6.54 Å². The summed E-state index contributed by atoms with van der Waals surface area (Å²) in [5.41, 5.74) is -1.21. The lowest BCUT2D eigenvalue weighted by molar-refractivity contribution is 0.00809. The number of carbonyl (C=O) groups excluding carboxylic acids is 1. The van der Waals surface area contributed by atoms with E-state index < -0.39 is 11.2 Å². The van der Waals surface area contributed by atoms with E-state index in [0.29, 0.717) is 25.4 Å². The van der Waals surface area contributed by atoms with E-state index >= 15 is 0 Å². The molecule has 0 aliphatic carbocycles. The van der Waals surface area contributed by atoms with Crippen molar-refractivity contribution < 1.29 is 14.6 Å². The third-order valence-corrected chi connectivity index (χ3v) is 2.77. The number of rotatable bonds is 2. The second-order valence-corrected chi connectivity index (χ2v) is 6.47. The van der Waals surface area contributed by atoms with E-state index in [4.69, 9.17) is 4.74 Å². The van der Waals surface area contributed by atoms with E-state index in [1.165, 1.54) is 0 Å². The summed E-state index contributed by atoms with van der Waals surface area (Å²) in [6.45, 7) is 10.7. The van der Waals surface area contributed by atoms with Gasteiger partial charge in [0.2, 0.25) is 0 Å². The van der Waals surface area contributed by atoms with Gasteiger partial charge in [-0.1, -0.05) is 13.8 Å². The highest BCUT2D eigenvalue weighted by molar-refractivity contribution is 5.68. The van der Waals surface area contributed by atoms with Gasteiger partial charge in [0.15, 0.2) is 0 Å². The molecule has 0 saturated carbocycles. The van der Waals surface area contributed by atoms with Crippen LogP contribution in [0.5, 0.6) is 0 Å². The predicted octanol–water partition coefficient (Wildman–Crippen LogP) is 2.40. The predicted molar refractivity (Wildman–Crippen MR) is 66.8 cm³/mol. The Bertz CT molecular complexity index is 283. The van der Waals surface area contributed by atoms with Crippen LogP contribution < -0.4 is 0 Å². The van der Waals surface area contributed by atoms with Crippen molar-refractivity contribution >= 4 is 6.09 Å². The molecule has 0 bridgehead atoms. The Kier molecular flexibility index (Phi) is 4.07. The van der Waals surface area contributed by atoms with Crippen LogP contribution in [0.1, 0.15) is 47.5 Å². The zero-order valence-corrected chi connectivity index (χ0v) is 11.6. The summed E-state index contributed by atoms with van der Waals surface area (Å²) in [5, 5.41) is 10.3. The van der Waals surface area contributed by atoms with Crippen LogP contribution in [0.2, 0.25) is 0 Å². The molecule has 1 amide bonds. The highest BCUT2D eigenvalue weighted by atomic mass is 16.6. The highest BCUT2D eigenvalue weighted by Crippen LogP contribution is 2.28. The fourth-order valence-electron chi connectivity index (χ4n) is 2.27. The molecule has 4 nitrogen and oxygen atoms in total. The summed E-state index contributed by atoms with van der Waals surface area (Å²) >= 11 is 0. The van der Waals surface area contributed by atoms with Gasteiger partial charge < -0.3 is 14.7 Å². The van der Waals surface area contributed by atoms with Gasteiger partial charge in [0.1, 0.15) is 5.60 Å². The molecule has 1 atom stereocenters. The molecule has 17 heavy (non-hydrogen) atoms. The SMILES string of the molecule is CC(C)CC1(O)CCN(C(=O)OC(C)(C)C)C1. The molecule has 1 aliphatic heterocycles. The minimum atomic E-state index is -0.731. The van der Waals surface area contributed by atoms with Gasteiger partial charge in [-0.25, -0.2) is 4.79 Å². The lowest BCUT2D eigenvalue weighted by Crippen LogP contribution is -2.39. The van der Waals surface area contributed by atoms with E-state index in [1.54, 1.807) is 4.90 Å². The molecule has 0 aromatic rings. The van der Waals surface area contributed by atoms with Crippen LogP contribution >= 0.6 is 0 Å². The maximum Gasteiger partial charge on any atom is 0.410 e. The summed E-state index contributed by atoms with van der Waals surface area (Å²) in [4.78, 5) is 13.4. The standard InChI is InChI=1S/C13H25NO3/c1-10(2)8-13(16)6-7-14(9-13)11(15)17-12(3,4)5/h10,16H,6-9H2,1-5H3. The van der Waals surface area contributed by atoms with Crippen molar-refractivity contribution in [3.05, 3.63) is 0 Å². The lowest BCUT2D eigenvalue weighted by atomic mass is 9.92. The Morgan fingerprint density at radius 1 is 1.47 bits per heavy atom. The molecule has 1 unspecified atom stereocenters. The molecular weight excluding hydrogens is 218 g/mol. The fourth-order valence-corrected chi connectivity index (χ4v) is 2.27. The van der Waals surface area contributed by atoms with Crippen LogP contribution in [0.4, 0.5) is 4.79 Å². The van der Waals surface area contributed by atoms with Crippen molar-refractivity contribution in [2.45, 2.75) is 58.7 Å². The number of likely N-dealkylation sites (tertiary alicyclic amines) is 1. The molecule has 1 saturated heterocycles. The first-order valence-corrected chi connectivity index (χ1v) is 6.32. The number of amides is 1. The van der Waals surface area contributed by atoms with Crippen molar-refractivity contribution in [1.82, 2.24) is 4.90 Å². The van der Waals surface area contributed by atoms with Gasteiger partial charge in [0.05, 0.1) is 12.1 Å². The monoisotopic (exact) mass is 243 g/mol. The Morgan fingerprint density at radius 2 is 2.06 bits per heavy atom. The first-order chi connectivity index (χ1) is 7.61. The van der Waals surface area contributed by atoms with Crippen molar-refractivity contribution in [2.24, 2.45) is 5.92 Å². The summed E-state index contributed by atoms with van der Waals surface area (Å²) in [6.07, 6.45) is 1.05. The zero-order valence-electron chi connectivity index (χ0n) is 11.6. The second-order valence-electron chi connectivity index (χ2n) is 6.47. The van der Waals surface area contributed by atoms with E-state index in [0.717, 1.165) is 6.42 Å². The average Bonchev–Trinajstić information content (AvgIpc) is 2.43. The van der Waals surface area contributed by atoms with Gasteiger partial charge in [0.25, 0.3) is 0 Å². The van der Waals surface area contributed by atoms with Crippen molar-refractivity contribution in [3.8, 4) is 0 Å². The van der Waals surface area contributed by atoms with Crippen LogP contribution in [0, 0.1) is 5.92 Å². The van der Waals surface area contributed by atoms with Crippen LogP contribution in [-0.2, 0) is 4.74 Å². The van der Waals surface area contributed by atoms with Crippen LogP contribution in [0.3, 0.4) is 0 Å². The van der Waals surface area contributed by atoms with E-state index in [9.17, 15) is 9.90 Å². The molecule has 1 fully saturated rings. The summed E-state index contributed by atoms with van der Waals surface area (Å²) < 4.78 is 5.30. The van der Waals surface area contributed by atoms with Crippen molar-refractivity contribution in [1.29, 1.82) is 0 Å². The first kappa shape index (κ1) is 14.3. The minimum Gasteiger partial charge on any atom is -0.444 e. The van der Waals surface area contributed by atoms with E-state index in [2.05, 4.69) is 13.8 Å². The minimum absolute atomic E-state index is 0.322. The maximum atomic E-state index is 11.8. The topological polar surface area (TPSA) is 49.8 Å². The molecule has 4 heteroatoms. The second kappa shape index (κ2) is 4.84. The highest BCUT2D eigenvalue weighted by Gasteiger charge is 2.39. The molecule has 1 heterocycles. The van der Waals surface area contributed by atoms with Gasteiger partial charge >= 0.3 is 6.09 Å². The first-order valence-electron chi connectivity index (χ1n) is 6.32. The zero-order chi connectivity index (χ0) is 13.3.